The number of carbonyl (C=O) groups is 1. The van der Waals surface area contributed by atoms with Crippen LogP contribution in [0.25, 0.3) is 10.9 Å². The van der Waals surface area contributed by atoms with E-state index in [0.717, 1.165) is 48.1 Å². The van der Waals surface area contributed by atoms with E-state index >= 15 is 0 Å². The molecule has 7 heteroatoms. The summed E-state index contributed by atoms with van der Waals surface area (Å²) < 4.78 is 0. The molecule has 1 amide bonds. The van der Waals surface area contributed by atoms with Gasteiger partial charge in [0.05, 0.1) is 10.5 Å². The summed E-state index contributed by atoms with van der Waals surface area (Å²) in [5.74, 6) is 0.846. The number of aromatic nitrogens is 1. The summed E-state index contributed by atoms with van der Waals surface area (Å²) in [5.41, 5.74) is 2.15. The molecule has 2 N–H and O–H groups in total. The van der Waals surface area contributed by atoms with Crippen molar-refractivity contribution in [1.82, 2.24) is 10.3 Å². The summed E-state index contributed by atoms with van der Waals surface area (Å²) in [4.78, 5) is 19.9. The predicted molar refractivity (Wildman–Crippen MR) is 123 cm³/mol. The van der Waals surface area contributed by atoms with Crippen LogP contribution in [0.3, 0.4) is 0 Å². The van der Waals surface area contributed by atoms with Crippen LogP contribution in [0.5, 0.6) is 0 Å². The average molecular weight is 429 g/mol. The third-order valence-corrected chi connectivity index (χ3v) is 6.75. The van der Waals surface area contributed by atoms with E-state index in [9.17, 15) is 4.79 Å². The largest absolute Gasteiger partial charge is 0.377 e. The summed E-state index contributed by atoms with van der Waals surface area (Å²) in [5, 5.41) is 10.3. The summed E-state index contributed by atoms with van der Waals surface area (Å²) in [6, 6.07) is 12.7. The molecule has 1 aliphatic rings. The maximum atomic E-state index is 12.4. The summed E-state index contributed by atoms with van der Waals surface area (Å²) in [6.45, 7) is 0. The maximum Gasteiger partial charge on any atom is 0.263 e. The minimum atomic E-state index is -0.0618. The Balaban J connectivity index is 1.38. The van der Waals surface area contributed by atoms with E-state index in [0.29, 0.717) is 15.9 Å². The maximum absolute atomic E-state index is 12.4. The number of pyridine rings is 1. The van der Waals surface area contributed by atoms with Crippen molar-refractivity contribution < 1.29 is 4.79 Å². The molecule has 1 saturated carbocycles. The van der Waals surface area contributed by atoms with E-state index in [1.807, 2.05) is 17.5 Å². The van der Waals surface area contributed by atoms with E-state index < -0.39 is 0 Å². The monoisotopic (exact) mass is 428 g/mol. The number of benzene rings is 1. The third-order valence-electron chi connectivity index (χ3n) is 5.41. The van der Waals surface area contributed by atoms with Crippen molar-refractivity contribution in [2.75, 3.05) is 24.3 Å². The zero-order valence-corrected chi connectivity index (χ0v) is 18.2. The van der Waals surface area contributed by atoms with Crippen molar-refractivity contribution in [3.05, 3.63) is 51.7 Å². The second kappa shape index (κ2) is 8.59. The highest BCUT2D eigenvalue weighted by molar-refractivity contribution is 7.12. The summed E-state index contributed by atoms with van der Waals surface area (Å²) >= 11 is 7.46. The molecule has 0 atom stereocenters. The van der Waals surface area contributed by atoms with Crippen molar-refractivity contribution in [3.8, 4) is 0 Å². The Kier molecular flexibility index (Phi) is 5.92. The number of thiophene rings is 1. The molecule has 0 unspecified atom stereocenters. The topological polar surface area (TPSA) is 57.3 Å². The second-order valence-electron chi connectivity index (χ2n) is 7.70. The van der Waals surface area contributed by atoms with Crippen LogP contribution in [0.15, 0.2) is 41.8 Å². The molecule has 2 aromatic heterocycles. The SMILES string of the molecule is CN(C)c1cc(NC2CCC(NC(=O)c3sccc3Cl)CC2)nc2ccccc12. The molecule has 152 valence electrons. The Morgan fingerprint density at radius 1 is 1.14 bits per heavy atom. The highest BCUT2D eigenvalue weighted by atomic mass is 35.5. The molecule has 0 spiro atoms. The number of nitrogens with zero attached hydrogens (tertiary/aromatic N) is 2. The third kappa shape index (κ3) is 4.49. The zero-order chi connectivity index (χ0) is 20.4. The van der Waals surface area contributed by atoms with Gasteiger partial charge in [-0.3, -0.25) is 4.79 Å². The second-order valence-corrected chi connectivity index (χ2v) is 9.03. The molecule has 3 aromatic rings. The number of carbonyl (C=O) groups excluding carboxylic acids is 1. The molecular formula is C22H25ClN4OS. The first kappa shape index (κ1) is 20.0. The van der Waals surface area contributed by atoms with E-state index in [1.165, 1.54) is 11.3 Å². The minimum absolute atomic E-state index is 0.0618. The lowest BCUT2D eigenvalue weighted by Crippen LogP contribution is -2.40. The van der Waals surface area contributed by atoms with Crippen LogP contribution in [0, 0.1) is 0 Å². The fourth-order valence-corrected chi connectivity index (χ4v) is 4.94. The van der Waals surface area contributed by atoms with Gasteiger partial charge < -0.3 is 15.5 Å². The Morgan fingerprint density at radius 2 is 1.86 bits per heavy atom. The Labute approximate surface area is 180 Å². The standard InChI is InChI=1S/C22H25ClN4OS/c1-27(2)19-13-20(26-18-6-4-3-5-16(18)19)24-14-7-9-15(10-8-14)25-22(28)21-17(23)11-12-29-21/h3-6,11-15H,7-10H2,1-2H3,(H,24,26)(H,25,28). The number of anilines is 2. The summed E-state index contributed by atoms with van der Waals surface area (Å²) in [7, 11) is 4.11. The fraction of sp³-hybridized carbons (Fsp3) is 0.364. The van der Waals surface area contributed by atoms with Gasteiger partial charge in [-0.15, -0.1) is 11.3 Å². The predicted octanol–water partition coefficient (Wildman–Crippen LogP) is 5.17. The molecule has 0 aliphatic heterocycles. The molecule has 0 saturated heterocycles. The molecule has 0 radical (unpaired) electrons. The lowest BCUT2D eigenvalue weighted by atomic mass is 9.91. The number of para-hydroxylation sites is 1. The van der Waals surface area contributed by atoms with Crippen LogP contribution < -0.4 is 15.5 Å². The number of fused-ring (bicyclic) bond motifs is 1. The smallest absolute Gasteiger partial charge is 0.263 e. The van der Waals surface area contributed by atoms with Crippen molar-refractivity contribution in [2.45, 2.75) is 37.8 Å². The number of hydrogen-bond acceptors (Lipinski definition) is 5. The van der Waals surface area contributed by atoms with Gasteiger partial charge in [0.2, 0.25) is 0 Å². The molecule has 29 heavy (non-hydrogen) atoms. The molecule has 4 rings (SSSR count). The van der Waals surface area contributed by atoms with Crippen LogP contribution in [-0.4, -0.2) is 37.1 Å². The van der Waals surface area contributed by atoms with Crippen LogP contribution in [0.1, 0.15) is 35.4 Å². The normalized spacial score (nSPS) is 19.1. The quantitative estimate of drug-likeness (QED) is 0.588. The zero-order valence-electron chi connectivity index (χ0n) is 16.6. The lowest BCUT2D eigenvalue weighted by Gasteiger charge is -2.30. The highest BCUT2D eigenvalue weighted by Crippen LogP contribution is 2.29. The number of amides is 1. The van der Waals surface area contributed by atoms with Gasteiger partial charge in [-0.2, -0.15) is 0 Å². The first-order chi connectivity index (χ1) is 14.0. The molecule has 0 bridgehead atoms. The van der Waals surface area contributed by atoms with Gasteiger partial charge in [-0.05, 0) is 43.2 Å². The highest BCUT2D eigenvalue weighted by Gasteiger charge is 2.24. The average Bonchev–Trinajstić information content (AvgIpc) is 3.15. The molecule has 2 heterocycles. The molecule has 1 fully saturated rings. The van der Waals surface area contributed by atoms with Gasteiger partial charge in [0.1, 0.15) is 10.7 Å². The molecular weight excluding hydrogens is 404 g/mol. The van der Waals surface area contributed by atoms with Gasteiger partial charge in [0, 0.05) is 43.3 Å². The Bertz CT molecular complexity index is 1010. The minimum Gasteiger partial charge on any atom is -0.377 e. The molecule has 1 aromatic carbocycles. The van der Waals surface area contributed by atoms with Crippen LogP contribution in [0.2, 0.25) is 5.02 Å². The van der Waals surface area contributed by atoms with Gasteiger partial charge in [0.25, 0.3) is 5.91 Å². The molecule has 1 aliphatic carbocycles. The number of hydrogen-bond donors (Lipinski definition) is 2. The number of rotatable bonds is 5. The summed E-state index contributed by atoms with van der Waals surface area (Å²) in [6.07, 6.45) is 3.88. The Hall–Kier alpha value is -2.31. The molecule has 5 nitrogen and oxygen atoms in total. The van der Waals surface area contributed by atoms with Crippen molar-refractivity contribution in [2.24, 2.45) is 0 Å². The number of nitrogens with one attached hydrogen (secondary N) is 2. The number of halogens is 1. The lowest BCUT2D eigenvalue weighted by molar-refractivity contribution is 0.0931. The van der Waals surface area contributed by atoms with Crippen molar-refractivity contribution in [3.63, 3.8) is 0 Å². The van der Waals surface area contributed by atoms with Gasteiger partial charge in [-0.25, -0.2) is 4.98 Å². The first-order valence-corrected chi connectivity index (χ1v) is 11.1. The Morgan fingerprint density at radius 3 is 2.55 bits per heavy atom. The van der Waals surface area contributed by atoms with Crippen LogP contribution in [0.4, 0.5) is 11.5 Å². The van der Waals surface area contributed by atoms with E-state index in [-0.39, 0.29) is 11.9 Å². The van der Waals surface area contributed by atoms with E-state index in [1.54, 1.807) is 6.07 Å². The van der Waals surface area contributed by atoms with Crippen LogP contribution >= 0.6 is 22.9 Å². The van der Waals surface area contributed by atoms with E-state index in [2.05, 4.69) is 47.8 Å². The fourth-order valence-electron chi connectivity index (χ4n) is 3.90. The first-order valence-electron chi connectivity index (χ1n) is 9.89. The van der Waals surface area contributed by atoms with Crippen LogP contribution in [-0.2, 0) is 0 Å². The van der Waals surface area contributed by atoms with Crippen molar-refractivity contribution in [1.29, 1.82) is 0 Å². The van der Waals surface area contributed by atoms with Gasteiger partial charge >= 0.3 is 0 Å². The van der Waals surface area contributed by atoms with E-state index in [4.69, 9.17) is 16.6 Å². The van der Waals surface area contributed by atoms with Gasteiger partial charge in [0.15, 0.2) is 0 Å². The van der Waals surface area contributed by atoms with Crippen molar-refractivity contribution >= 4 is 51.3 Å². The van der Waals surface area contributed by atoms with Gasteiger partial charge in [-0.1, -0.05) is 29.8 Å².